The second-order valence-corrected chi connectivity index (χ2v) is 8.12. The quantitative estimate of drug-likeness (QED) is 0.493. The summed E-state index contributed by atoms with van der Waals surface area (Å²) in [6.07, 6.45) is 3.70. The molecule has 0 unspecified atom stereocenters. The lowest BCUT2D eigenvalue weighted by Gasteiger charge is -2.18. The number of likely N-dealkylation sites (tertiary alicyclic amines) is 1. The van der Waals surface area contributed by atoms with E-state index in [1.54, 1.807) is 29.1 Å². The third-order valence-electron chi connectivity index (χ3n) is 6.02. The molecule has 7 nitrogen and oxygen atoms in total. The number of benzene rings is 2. The Kier molecular flexibility index (Phi) is 5.60. The Balaban J connectivity index is 1.54. The van der Waals surface area contributed by atoms with Crippen molar-refractivity contribution < 1.29 is 9.59 Å². The molecule has 3 heterocycles. The fraction of sp³-hybridized carbons (Fsp3) is 0.231. The van der Waals surface area contributed by atoms with Crippen LogP contribution in [0, 0.1) is 0 Å². The van der Waals surface area contributed by atoms with Gasteiger partial charge in [0.1, 0.15) is 0 Å². The molecule has 0 atom stereocenters. The van der Waals surface area contributed by atoms with Gasteiger partial charge in [-0.25, -0.2) is 9.67 Å². The van der Waals surface area contributed by atoms with Crippen molar-refractivity contribution in [3.8, 4) is 11.3 Å². The van der Waals surface area contributed by atoms with E-state index in [0.717, 1.165) is 31.5 Å². The van der Waals surface area contributed by atoms with E-state index >= 15 is 0 Å². The molecule has 0 radical (unpaired) electrons. The van der Waals surface area contributed by atoms with Crippen molar-refractivity contribution in [2.75, 3.05) is 18.4 Å². The number of carbonyl (C=O) groups is 2. The molecule has 0 bridgehead atoms. The first kappa shape index (κ1) is 20.9. The molecular weight excluding hydrogens is 414 g/mol. The summed E-state index contributed by atoms with van der Waals surface area (Å²) in [5.41, 5.74) is 3.76. The van der Waals surface area contributed by atoms with Crippen molar-refractivity contribution in [2.24, 2.45) is 0 Å². The number of nitrogens with zero attached hydrogens (tertiary/aromatic N) is 4. The standard InChI is InChI=1S/C26H25N5O2/c1-2-31-24-21(17-27-31)20(16-23(28-24)18-10-4-3-5-11-18)25(32)29-22-13-7-6-12-19(22)26(33)30-14-8-9-15-30/h3-7,10-13,16-17H,2,8-9,14-15H2,1H3,(H,29,32). The third kappa shape index (κ3) is 3.98. The van der Waals surface area contributed by atoms with Crippen molar-refractivity contribution >= 4 is 28.5 Å². The molecule has 2 aromatic heterocycles. The first-order valence-corrected chi connectivity index (χ1v) is 11.3. The van der Waals surface area contributed by atoms with E-state index in [-0.39, 0.29) is 11.8 Å². The molecule has 0 saturated carbocycles. The highest BCUT2D eigenvalue weighted by Gasteiger charge is 2.23. The maximum atomic E-state index is 13.5. The zero-order valence-electron chi connectivity index (χ0n) is 18.5. The van der Waals surface area contributed by atoms with Gasteiger partial charge in [0, 0.05) is 25.2 Å². The van der Waals surface area contributed by atoms with Crippen LogP contribution in [0.5, 0.6) is 0 Å². The number of aryl methyl sites for hydroxylation is 1. The smallest absolute Gasteiger partial charge is 0.256 e. The molecule has 4 aromatic rings. The number of aromatic nitrogens is 3. The average molecular weight is 440 g/mol. The number of pyridine rings is 1. The van der Waals surface area contributed by atoms with E-state index in [4.69, 9.17) is 4.98 Å². The maximum absolute atomic E-state index is 13.5. The number of rotatable bonds is 5. The van der Waals surface area contributed by atoms with E-state index in [2.05, 4.69) is 10.4 Å². The van der Waals surface area contributed by atoms with Crippen LogP contribution < -0.4 is 5.32 Å². The van der Waals surface area contributed by atoms with Gasteiger partial charge in [0.15, 0.2) is 5.65 Å². The molecule has 0 spiro atoms. The summed E-state index contributed by atoms with van der Waals surface area (Å²) in [6.45, 7) is 4.14. The number of hydrogen-bond donors (Lipinski definition) is 1. The minimum Gasteiger partial charge on any atom is -0.339 e. The molecule has 33 heavy (non-hydrogen) atoms. The fourth-order valence-electron chi connectivity index (χ4n) is 4.28. The number of fused-ring (bicyclic) bond motifs is 1. The molecule has 1 fully saturated rings. The van der Waals surface area contributed by atoms with E-state index in [1.165, 1.54) is 0 Å². The first-order chi connectivity index (χ1) is 16.2. The number of nitrogens with one attached hydrogen (secondary N) is 1. The SMILES string of the molecule is CCn1ncc2c(C(=O)Nc3ccccc3C(=O)N3CCCC3)cc(-c3ccccc3)nc21. The van der Waals surface area contributed by atoms with Crippen molar-refractivity contribution in [3.63, 3.8) is 0 Å². The summed E-state index contributed by atoms with van der Waals surface area (Å²) < 4.78 is 1.78. The van der Waals surface area contributed by atoms with Crippen molar-refractivity contribution in [1.82, 2.24) is 19.7 Å². The Bertz CT molecular complexity index is 1320. The summed E-state index contributed by atoms with van der Waals surface area (Å²) in [7, 11) is 0. The van der Waals surface area contributed by atoms with Gasteiger partial charge in [-0.05, 0) is 38.0 Å². The Morgan fingerprint density at radius 2 is 1.70 bits per heavy atom. The largest absolute Gasteiger partial charge is 0.339 e. The van der Waals surface area contributed by atoms with Crippen LogP contribution in [0.2, 0.25) is 0 Å². The lowest BCUT2D eigenvalue weighted by Crippen LogP contribution is -2.28. The van der Waals surface area contributed by atoms with Gasteiger partial charge in [-0.3, -0.25) is 9.59 Å². The number of carbonyl (C=O) groups excluding carboxylic acids is 2. The Morgan fingerprint density at radius 1 is 0.970 bits per heavy atom. The van der Waals surface area contributed by atoms with E-state index in [1.807, 2.05) is 54.3 Å². The normalized spacial score (nSPS) is 13.4. The highest BCUT2D eigenvalue weighted by Crippen LogP contribution is 2.27. The third-order valence-corrected chi connectivity index (χ3v) is 6.02. The van der Waals surface area contributed by atoms with Gasteiger partial charge in [-0.2, -0.15) is 5.10 Å². The predicted octanol–water partition coefficient (Wildman–Crippen LogP) is 4.61. The Morgan fingerprint density at radius 3 is 2.45 bits per heavy atom. The first-order valence-electron chi connectivity index (χ1n) is 11.3. The molecule has 1 saturated heterocycles. The van der Waals surface area contributed by atoms with Crippen LogP contribution in [0.4, 0.5) is 5.69 Å². The Labute approximate surface area is 192 Å². The predicted molar refractivity (Wildman–Crippen MR) is 128 cm³/mol. The fourth-order valence-corrected chi connectivity index (χ4v) is 4.28. The minimum atomic E-state index is -0.295. The second-order valence-electron chi connectivity index (χ2n) is 8.12. The summed E-state index contributed by atoms with van der Waals surface area (Å²) >= 11 is 0. The van der Waals surface area contributed by atoms with Gasteiger partial charge in [0.25, 0.3) is 11.8 Å². The van der Waals surface area contributed by atoms with E-state index < -0.39 is 0 Å². The van der Waals surface area contributed by atoms with Crippen LogP contribution in [-0.4, -0.2) is 44.6 Å². The monoisotopic (exact) mass is 439 g/mol. The highest BCUT2D eigenvalue weighted by atomic mass is 16.2. The minimum absolute atomic E-state index is 0.0490. The number of para-hydroxylation sites is 1. The molecule has 5 rings (SSSR count). The zero-order valence-corrected chi connectivity index (χ0v) is 18.5. The van der Waals surface area contributed by atoms with Gasteiger partial charge in [0.2, 0.25) is 0 Å². The van der Waals surface area contributed by atoms with E-state index in [0.29, 0.717) is 40.1 Å². The topological polar surface area (TPSA) is 80.1 Å². The van der Waals surface area contributed by atoms with Crippen molar-refractivity contribution in [1.29, 1.82) is 0 Å². The lowest BCUT2D eigenvalue weighted by molar-refractivity contribution is 0.0794. The van der Waals surface area contributed by atoms with Gasteiger partial charge < -0.3 is 10.2 Å². The van der Waals surface area contributed by atoms with Crippen LogP contribution in [0.3, 0.4) is 0 Å². The molecular formula is C26H25N5O2. The van der Waals surface area contributed by atoms with Crippen molar-refractivity contribution in [3.05, 3.63) is 78.0 Å². The summed E-state index contributed by atoms with van der Waals surface area (Å²) in [5, 5.41) is 8.07. The van der Waals surface area contributed by atoms with Gasteiger partial charge >= 0.3 is 0 Å². The van der Waals surface area contributed by atoms with Gasteiger partial charge in [-0.1, -0.05) is 42.5 Å². The molecule has 1 aliphatic heterocycles. The maximum Gasteiger partial charge on any atom is 0.256 e. The van der Waals surface area contributed by atoms with Gasteiger partial charge in [-0.15, -0.1) is 0 Å². The van der Waals surface area contributed by atoms with Gasteiger partial charge in [0.05, 0.1) is 34.1 Å². The molecule has 2 amide bonds. The van der Waals surface area contributed by atoms with Crippen LogP contribution in [0.25, 0.3) is 22.3 Å². The number of hydrogen-bond acceptors (Lipinski definition) is 4. The van der Waals surface area contributed by atoms with Crippen LogP contribution in [0.15, 0.2) is 66.9 Å². The van der Waals surface area contributed by atoms with Crippen LogP contribution in [0.1, 0.15) is 40.5 Å². The van der Waals surface area contributed by atoms with E-state index in [9.17, 15) is 9.59 Å². The van der Waals surface area contributed by atoms with Crippen LogP contribution in [-0.2, 0) is 6.54 Å². The highest BCUT2D eigenvalue weighted by molar-refractivity contribution is 6.14. The summed E-state index contributed by atoms with van der Waals surface area (Å²) in [5.74, 6) is -0.344. The lowest BCUT2D eigenvalue weighted by atomic mass is 10.1. The Hall–Kier alpha value is -4.00. The summed E-state index contributed by atoms with van der Waals surface area (Å²) in [4.78, 5) is 33.2. The number of amides is 2. The molecule has 166 valence electrons. The molecule has 2 aromatic carbocycles. The zero-order chi connectivity index (χ0) is 22.8. The summed E-state index contributed by atoms with van der Waals surface area (Å²) in [6, 6.07) is 18.7. The molecule has 1 N–H and O–H groups in total. The second kappa shape index (κ2) is 8.86. The number of anilines is 1. The van der Waals surface area contributed by atoms with Crippen LogP contribution >= 0.6 is 0 Å². The molecule has 1 aliphatic rings. The average Bonchev–Trinajstić information content (AvgIpc) is 3.54. The van der Waals surface area contributed by atoms with Crippen molar-refractivity contribution in [2.45, 2.75) is 26.3 Å². The molecule has 7 heteroatoms. The molecule has 0 aliphatic carbocycles.